The molecule has 0 radical (unpaired) electrons. The largest absolute Gasteiger partial charge is 0.507 e. The Morgan fingerprint density at radius 2 is 1.71 bits per heavy atom. The van der Waals surface area contributed by atoms with Gasteiger partial charge in [0.15, 0.2) is 0 Å². The van der Waals surface area contributed by atoms with E-state index in [9.17, 15) is 9.90 Å². The van der Waals surface area contributed by atoms with E-state index in [0.29, 0.717) is 18.6 Å². The van der Waals surface area contributed by atoms with Crippen molar-refractivity contribution in [1.29, 1.82) is 0 Å². The van der Waals surface area contributed by atoms with E-state index >= 15 is 0 Å². The molecule has 0 aliphatic heterocycles. The van der Waals surface area contributed by atoms with E-state index in [-0.39, 0.29) is 17.4 Å². The maximum Gasteiger partial charge on any atom is 0.339 e. The fourth-order valence-corrected chi connectivity index (χ4v) is 2.99. The molecule has 3 rings (SSSR count). The number of phenols is 1. The van der Waals surface area contributed by atoms with Crippen molar-refractivity contribution in [2.75, 3.05) is 7.11 Å². The average molecular weight is 378 g/mol. The summed E-state index contributed by atoms with van der Waals surface area (Å²) in [4.78, 5) is 11.2. The number of aromatic hydroxyl groups is 1. The van der Waals surface area contributed by atoms with Gasteiger partial charge in [-0.25, -0.2) is 4.79 Å². The summed E-state index contributed by atoms with van der Waals surface area (Å²) in [6, 6.07) is 22.0. The molecule has 5 heteroatoms. The molecule has 0 aliphatic rings. The van der Waals surface area contributed by atoms with E-state index in [0.717, 1.165) is 16.9 Å². The highest BCUT2D eigenvalue weighted by atomic mass is 16.5. The first-order valence-electron chi connectivity index (χ1n) is 8.91. The molecule has 0 fully saturated rings. The lowest BCUT2D eigenvalue weighted by Gasteiger charge is -2.20. The van der Waals surface area contributed by atoms with Crippen LogP contribution in [0.3, 0.4) is 0 Å². The minimum Gasteiger partial charge on any atom is -0.507 e. The van der Waals surface area contributed by atoms with Crippen molar-refractivity contribution in [2.45, 2.75) is 19.1 Å². The standard InChI is InChI=1S/C23H22O5/c1-27-19-9-5-8-17(12-19)13-22(28-15-16-6-3-2-4-7-16)18-10-11-20(23(25)26)21(24)14-18/h2-12,14,22,24H,13,15H2,1H3,(H,25,26). The van der Waals surface area contributed by atoms with Crippen molar-refractivity contribution in [3.8, 4) is 11.5 Å². The number of rotatable bonds is 8. The second-order valence-corrected chi connectivity index (χ2v) is 6.42. The highest BCUT2D eigenvalue weighted by Gasteiger charge is 2.18. The normalized spacial score (nSPS) is 11.8. The summed E-state index contributed by atoms with van der Waals surface area (Å²) in [5, 5.41) is 19.2. The van der Waals surface area contributed by atoms with Gasteiger partial charge in [0.1, 0.15) is 17.1 Å². The van der Waals surface area contributed by atoms with Crippen LogP contribution in [0.5, 0.6) is 11.5 Å². The molecule has 28 heavy (non-hydrogen) atoms. The van der Waals surface area contributed by atoms with Crippen LogP contribution >= 0.6 is 0 Å². The summed E-state index contributed by atoms with van der Waals surface area (Å²) in [6.07, 6.45) is 0.191. The average Bonchev–Trinajstić information content (AvgIpc) is 2.71. The number of hydrogen-bond donors (Lipinski definition) is 2. The van der Waals surface area contributed by atoms with Crippen molar-refractivity contribution in [2.24, 2.45) is 0 Å². The maximum absolute atomic E-state index is 11.2. The second-order valence-electron chi connectivity index (χ2n) is 6.42. The van der Waals surface area contributed by atoms with Crippen LogP contribution in [0.2, 0.25) is 0 Å². The predicted molar refractivity (Wildman–Crippen MR) is 106 cm³/mol. The zero-order valence-electron chi connectivity index (χ0n) is 15.5. The molecule has 0 saturated heterocycles. The summed E-state index contributed by atoms with van der Waals surface area (Å²) < 4.78 is 11.4. The van der Waals surface area contributed by atoms with Crippen LogP contribution in [0.4, 0.5) is 0 Å². The number of hydrogen-bond acceptors (Lipinski definition) is 4. The van der Waals surface area contributed by atoms with Gasteiger partial charge in [-0.2, -0.15) is 0 Å². The lowest BCUT2D eigenvalue weighted by atomic mass is 9.99. The molecule has 0 saturated carbocycles. The molecule has 0 aliphatic carbocycles. The van der Waals surface area contributed by atoms with Crippen LogP contribution in [0, 0.1) is 0 Å². The van der Waals surface area contributed by atoms with E-state index in [1.165, 1.54) is 12.1 Å². The van der Waals surface area contributed by atoms with Crippen molar-refractivity contribution in [3.63, 3.8) is 0 Å². The smallest absolute Gasteiger partial charge is 0.339 e. The fourth-order valence-electron chi connectivity index (χ4n) is 2.99. The zero-order valence-corrected chi connectivity index (χ0v) is 15.5. The number of carboxylic acids is 1. The van der Waals surface area contributed by atoms with Crippen LogP contribution in [0.25, 0.3) is 0 Å². The Balaban J connectivity index is 1.86. The van der Waals surface area contributed by atoms with Gasteiger partial charge in [-0.15, -0.1) is 0 Å². The molecule has 1 atom stereocenters. The van der Waals surface area contributed by atoms with E-state index < -0.39 is 5.97 Å². The van der Waals surface area contributed by atoms with Crippen LogP contribution in [0.1, 0.15) is 33.2 Å². The van der Waals surface area contributed by atoms with Gasteiger partial charge in [-0.1, -0.05) is 48.5 Å². The minimum atomic E-state index is -1.17. The number of ether oxygens (including phenoxy) is 2. The molecule has 2 N–H and O–H groups in total. The molecule has 3 aromatic carbocycles. The van der Waals surface area contributed by atoms with E-state index in [1.807, 2.05) is 54.6 Å². The Morgan fingerprint density at radius 3 is 2.39 bits per heavy atom. The van der Waals surface area contributed by atoms with Gasteiger partial charge in [0.2, 0.25) is 0 Å². The molecule has 3 aromatic rings. The molecule has 1 unspecified atom stereocenters. The third-order valence-electron chi connectivity index (χ3n) is 4.47. The molecule has 0 aromatic heterocycles. The molecule has 0 heterocycles. The Hall–Kier alpha value is -3.31. The van der Waals surface area contributed by atoms with Gasteiger partial charge in [-0.3, -0.25) is 0 Å². The van der Waals surface area contributed by atoms with Gasteiger partial charge >= 0.3 is 5.97 Å². The van der Waals surface area contributed by atoms with Crippen LogP contribution in [-0.2, 0) is 17.8 Å². The molecule has 144 valence electrons. The van der Waals surface area contributed by atoms with Gasteiger partial charge in [0.25, 0.3) is 0 Å². The fraction of sp³-hybridized carbons (Fsp3) is 0.174. The first-order valence-corrected chi connectivity index (χ1v) is 8.91. The Bertz CT molecular complexity index is 937. The van der Waals surface area contributed by atoms with Crippen LogP contribution in [-0.4, -0.2) is 23.3 Å². The van der Waals surface area contributed by atoms with Gasteiger partial charge < -0.3 is 19.7 Å². The summed E-state index contributed by atoms with van der Waals surface area (Å²) >= 11 is 0. The Kier molecular flexibility index (Phi) is 6.29. The van der Waals surface area contributed by atoms with E-state index in [4.69, 9.17) is 14.6 Å². The van der Waals surface area contributed by atoms with Gasteiger partial charge in [0.05, 0.1) is 19.8 Å². The van der Waals surface area contributed by atoms with Crippen molar-refractivity contribution >= 4 is 5.97 Å². The SMILES string of the molecule is COc1cccc(CC(OCc2ccccc2)c2ccc(C(=O)O)c(O)c2)c1. The van der Waals surface area contributed by atoms with Gasteiger partial charge in [-0.05, 0) is 41.0 Å². The number of carboxylic acid groups (broad SMARTS) is 1. The molecule has 0 bridgehead atoms. The predicted octanol–water partition coefficient (Wildman–Crippen LogP) is 4.60. The number of benzene rings is 3. The quantitative estimate of drug-likeness (QED) is 0.599. The van der Waals surface area contributed by atoms with Crippen molar-refractivity contribution in [3.05, 3.63) is 95.1 Å². The molecular weight excluding hydrogens is 356 g/mol. The summed E-state index contributed by atoms with van der Waals surface area (Å²) in [5.74, 6) is -0.689. The monoisotopic (exact) mass is 378 g/mol. The lowest BCUT2D eigenvalue weighted by molar-refractivity contribution is 0.0397. The second kappa shape index (κ2) is 9.06. The summed E-state index contributed by atoms with van der Waals surface area (Å²) in [5.41, 5.74) is 2.62. The first kappa shape index (κ1) is 19.5. The molecule has 5 nitrogen and oxygen atoms in total. The number of carbonyl (C=O) groups is 1. The highest BCUT2D eigenvalue weighted by molar-refractivity contribution is 5.90. The number of aromatic carboxylic acids is 1. The van der Waals surface area contributed by atoms with Crippen LogP contribution in [0.15, 0.2) is 72.8 Å². The third-order valence-corrected chi connectivity index (χ3v) is 4.47. The highest BCUT2D eigenvalue weighted by Crippen LogP contribution is 2.29. The van der Waals surface area contributed by atoms with Crippen molar-refractivity contribution in [1.82, 2.24) is 0 Å². The molecule has 0 amide bonds. The third kappa shape index (κ3) is 4.90. The number of methoxy groups -OCH3 is 1. The van der Waals surface area contributed by atoms with Gasteiger partial charge in [0, 0.05) is 6.42 Å². The summed E-state index contributed by atoms with van der Waals surface area (Å²) in [7, 11) is 1.62. The minimum absolute atomic E-state index is 0.132. The van der Waals surface area contributed by atoms with Crippen LogP contribution < -0.4 is 4.74 Å². The summed E-state index contributed by atoms with van der Waals surface area (Å²) in [6.45, 7) is 0.400. The Labute approximate surface area is 163 Å². The zero-order chi connectivity index (χ0) is 19.9. The molecule has 0 spiro atoms. The Morgan fingerprint density at radius 1 is 0.964 bits per heavy atom. The topological polar surface area (TPSA) is 76.0 Å². The molecular formula is C23H22O5. The maximum atomic E-state index is 11.2. The lowest BCUT2D eigenvalue weighted by Crippen LogP contribution is -2.09. The first-order chi connectivity index (χ1) is 13.6. The van der Waals surface area contributed by atoms with E-state index in [1.54, 1.807) is 13.2 Å². The van der Waals surface area contributed by atoms with Crippen molar-refractivity contribution < 1.29 is 24.5 Å². The van der Waals surface area contributed by atoms with E-state index in [2.05, 4.69) is 0 Å².